The van der Waals surface area contributed by atoms with Gasteiger partial charge in [0.25, 0.3) is 0 Å². The molecule has 2 amide bonds. The normalized spacial score (nSPS) is 47.2. The average Bonchev–Trinajstić information content (AvgIpc) is 2.20. The first-order valence-corrected chi connectivity index (χ1v) is 7.92. The van der Waals surface area contributed by atoms with E-state index in [1.165, 1.54) is 38.5 Å². The number of carbonyl (C=O) groups excluding carboxylic acids is 1. The highest BCUT2D eigenvalue weighted by molar-refractivity contribution is 5.74. The number of hydrogen-bond acceptors (Lipinski definition) is 1. The van der Waals surface area contributed by atoms with E-state index in [1.54, 1.807) is 0 Å². The molecule has 4 aliphatic carbocycles. The molecule has 108 valence electrons. The van der Waals surface area contributed by atoms with E-state index in [2.05, 4.69) is 31.4 Å². The molecule has 2 atom stereocenters. The van der Waals surface area contributed by atoms with E-state index in [0.29, 0.717) is 10.8 Å². The van der Waals surface area contributed by atoms with Gasteiger partial charge in [-0.3, -0.25) is 0 Å². The fourth-order valence-corrected chi connectivity index (χ4v) is 6.11. The van der Waals surface area contributed by atoms with Crippen molar-refractivity contribution in [1.82, 2.24) is 10.6 Å². The summed E-state index contributed by atoms with van der Waals surface area (Å²) in [6.45, 7) is 7.75. The Morgan fingerprint density at radius 3 is 2.26 bits per heavy atom. The molecule has 0 aliphatic heterocycles. The lowest BCUT2D eigenvalue weighted by Crippen LogP contribution is -2.66. The zero-order valence-electron chi connectivity index (χ0n) is 12.6. The van der Waals surface area contributed by atoms with Crippen LogP contribution in [0.3, 0.4) is 0 Å². The van der Waals surface area contributed by atoms with Crippen LogP contribution in [0.4, 0.5) is 4.79 Å². The summed E-state index contributed by atoms with van der Waals surface area (Å²) >= 11 is 0. The third-order valence-electron chi connectivity index (χ3n) is 5.54. The maximum absolute atomic E-state index is 12.1. The van der Waals surface area contributed by atoms with Crippen LogP contribution in [0, 0.1) is 16.7 Å². The molecule has 0 heterocycles. The summed E-state index contributed by atoms with van der Waals surface area (Å²) in [5.74, 6) is 0.831. The first-order valence-electron chi connectivity index (χ1n) is 7.92. The van der Waals surface area contributed by atoms with Crippen LogP contribution in [0.2, 0.25) is 0 Å². The molecule has 4 bridgehead atoms. The minimum absolute atomic E-state index is 0.0519. The zero-order valence-corrected chi connectivity index (χ0v) is 12.6. The molecular weight excluding hydrogens is 236 g/mol. The number of nitrogens with one attached hydrogen (secondary N) is 2. The van der Waals surface area contributed by atoms with Gasteiger partial charge < -0.3 is 10.6 Å². The van der Waals surface area contributed by atoms with Crippen molar-refractivity contribution in [3.63, 3.8) is 0 Å². The van der Waals surface area contributed by atoms with E-state index >= 15 is 0 Å². The van der Waals surface area contributed by atoms with Crippen molar-refractivity contribution < 1.29 is 4.79 Å². The lowest BCUT2D eigenvalue weighted by atomic mass is 9.43. The zero-order chi connectivity index (χ0) is 13.7. The third kappa shape index (κ3) is 2.36. The van der Waals surface area contributed by atoms with Crippen LogP contribution in [-0.4, -0.2) is 18.1 Å². The molecule has 3 nitrogen and oxygen atoms in total. The standard InChI is InChI=1S/C16H28N2O/c1-4-5-17-13(19)18-16-8-12-6-14(2,10-16)9-15(3,7-12)11-16/h12H,4-11H2,1-3H3,(H2,17,18,19). The van der Waals surface area contributed by atoms with Gasteiger partial charge in [-0.15, -0.1) is 0 Å². The maximum Gasteiger partial charge on any atom is 0.315 e. The summed E-state index contributed by atoms with van der Waals surface area (Å²) in [6.07, 6.45) is 8.69. The Balaban J connectivity index is 1.75. The van der Waals surface area contributed by atoms with Gasteiger partial charge in [-0.2, -0.15) is 0 Å². The Kier molecular flexibility index (Phi) is 2.88. The monoisotopic (exact) mass is 264 g/mol. The molecule has 0 radical (unpaired) electrons. The van der Waals surface area contributed by atoms with Gasteiger partial charge in [0.15, 0.2) is 0 Å². The van der Waals surface area contributed by atoms with E-state index in [1.807, 2.05) is 0 Å². The molecule has 0 aromatic rings. The molecule has 4 fully saturated rings. The van der Waals surface area contributed by atoms with Crippen molar-refractivity contribution in [2.75, 3.05) is 6.54 Å². The van der Waals surface area contributed by atoms with Crippen LogP contribution in [-0.2, 0) is 0 Å². The number of rotatable bonds is 3. The largest absolute Gasteiger partial charge is 0.338 e. The molecular formula is C16H28N2O. The molecule has 2 unspecified atom stereocenters. The first-order chi connectivity index (χ1) is 8.86. The second-order valence-corrected chi connectivity index (χ2v) is 8.29. The van der Waals surface area contributed by atoms with Gasteiger partial charge in [0.05, 0.1) is 0 Å². The Morgan fingerprint density at radius 1 is 1.11 bits per heavy atom. The Morgan fingerprint density at radius 2 is 1.74 bits per heavy atom. The molecule has 0 spiro atoms. The second kappa shape index (κ2) is 4.13. The molecule has 4 saturated carbocycles. The molecule has 2 N–H and O–H groups in total. The van der Waals surface area contributed by atoms with Gasteiger partial charge in [-0.05, 0) is 61.7 Å². The van der Waals surface area contributed by atoms with Gasteiger partial charge in [-0.25, -0.2) is 4.79 Å². The van der Waals surface area contributed by atoms with Gasteiger partial charge in [0.1, 0.15) is 0 Å². The van der Waals surface area contributed by atoms with Gasteiger partial charge >= 0.3 is 6.03 Å². The number of urea groups is 1. The van der Waals surface area contributed by atoms with E-state index in [4.69, 9.17) is 0 Å². The molecule has 0 aromatic heterocycles. The lowest BCUT2D eigenvalue weighted by molar-refractivity contribution is -0.113. The highest BCUT2D eigenvalue weighted by Gasteiger charge is 2.60. The van der Waals surface area contributed by atoms with Gasteiger partial charge in [-0.1, -0.05) is 20.8 Å². The fourth-order valence-electron chi connectivity index (χ4n) is 6.11. The minimum Gasteiger partial charge on any atom is -0.338 e. The summed E-state index contributed by atoms with van der Waals surface area (Å²) in [7, 11) is 0. The molecule has 0 saturated heterocycles. The molecule has 3 heteroatoms. The number of hydrogen-bond donors (Lipinski definition) is 2. The predicted octanol–water partition coefficient (Wildman–Crippen LogP) is 3.44. The van der Waals surface area contributed by atoms with Crippen molar-refractivity contribution in [2.45, 2.75) is 71.3 Å². The van der Waals surface area contributed by atoms with Crippen molar-refractivity contribution in [3.8, 4) is 0 Å². The second-order valence-electron chi connectivity index (χ2n) is 8.29. The van der Waals surface area contributed by atoms with Gasteiger partial charge in [0, 0.05) is 12.1 Å². The third-order valence-corrected chi connectivity index (χ3v) is 5.54. The van der Waals surface area contributed by atoms with E-state index in [-0.39, 0.29) is 11.6 Å². The quantitative estimate of drug-likeness (QED) is 0.805. The van der Waals surface area contributed by atoms with Crippen LogP contribution < -0.4 is 10.6 Å². The van der Waals surface area contributed by atoms with Crippen molar-refractivity contribution in [1.29, 1.82) is 0 Å². The number of amides is 2. The van der Waals surface area contributed by atoms with Crippen molar-refractivity contribution in [3.05, 3.63) is 0 Å². The topological polar surface area (TPSA) is 41.1 Å². The van der Waals surface area contributed by atoms with Crippen LogP contribution in [0.5, 0.6) is 0 Å². The highest BCUT2D eigenvalue weighted by atomic mass is 16.2. The summed E-state index contributed by atoms with van der Waals surface area (Å²) in [5.41, 5.74) is 1.01. The summed E-state index contributed by atoms with van der Waals surface area (Å²) in [4.78, 5) is 12.1. The van der Waals surface area contributed by atoms with Crippen LogP contribution >= 0.6 is 0 Å². The molecule has 0 aromatic carbocycles. The molecule has 4 rings (SSSR count). The van der Waals surface area contributed by atoms with E-state index in [0.717, 1.165) is 18.9 Å². The Bertz CT molecular complexity index is 374. The van der Waals surface area contributed by atoms with Crippen molar-refractivity contribution >= 4 is 6.03 Å². The fraction of sp³-hybridized carbons (Fsp3) is 0.938. The Labute approximate surface area is 116 Å². The van der Waals surface area contributed by atoms with Crippen molar-refractivity contribution in [2.24, 2.45) is 16.7 Å². The smallest absolute Gasteiger partial charge is 0.315 e. The lowest BCUT2D eigenvalue weighted by Gasteiger charge is -2.65. The summed E-state index contributed by atoms with van der Waals surface area (Å²) in [6, 6.07) is 0.0519. The predicted molar refractivity (Wildman–Crippen MR) is 77.0 cm³/mol. The first kappa shape index (κ1) is 13.3. The average molecular weight is 264 g/mol. The van der Waals surface area contributed by atoms with E-state index in [9.17, 15) is 4.79 Å². The maximum atomic E-state index is 12.1. The van der Waals surface area contributed by atoms with Crippen LogP contribution in [0.1, 0.15) is 65.7 Å². The highest BCUT2D eigenvalue weighted by Crippen LogP contribution is 2.66. The van der Waals surface area contributed by atoms with Crippen LogP contribution in [0.25, 0.3) is 0 Å². The Hall–Kier alpha value is -0.730. The molecule has 4 aliphatic rings. The molecule has 19 heavy (non-hydrogen) atoms. The van der Waals surface area contributed by atoms with Crippen LogP contribution in [0.15, 0.2) is 0 Å². The summed E-state index contributed by atoms with van der Waals surface area (Å²) < 4.78 is 0. The number of carbonyl (C=O) groups is 1. The van der Waals surface area contributed by atoms with Gasteiger partial charge in [0.2, 0.25) is 0 Å². The summed E-state index contributed by atoms with van der Waals surface area (Å²) in [5, 5.41) is 6.34. The van der Waals surface area contributed by atoms with E-state index < -0.39 is 0 Å². The SMILES string of the molecule is CCCNC(=O)NC12CC3CC(C)(CC(C)(C3)C1)C2. The minimum atomic E-state index is 0.0519.